The summed E-state index contributed by atoms with van der Waals surface area (Å²) in [6, 6.07) is 5.25. The first kappa shape index (κ1) is 64.8. The summed E-state index contributed by atoms with van der Waals surface area (Å²) in [7, 11) is 0. The van der Waals surface area contributed by atoms with Crippen molar-refractivity contribution in [1.82, 2.24) is 21.3 Å². The Bertz CT molecular complexity index is 2080. The third-order valence-corrected chi connectivity index (χ3v) is 13.0. The van der Waals surface area contributed by atoms with Gasteiger partial charge in [-0.2, -0.15) is 23.5 Å². The average molecular weight is 1040 g/mol. The minimum atomic E-state index is -1.17. The Kier molecular flexibility index (Phi) is 31.5. The number of benzene rings is 1. The molecule has 0 aliphatic heterocycles. The van der Waals surface area contributed by atoms with Gasteiger partial charge in [-0.15, -0.1) is 0 Å². The molecule has 1 rings (SSSR count). The molecule has 16 heteroatoms. The minimum Gasteiger partial charge on any atom is -0.480 e. The van der Waals surface area contributed by atoms with E-state index in [0.717, 1.165) is 56.9 Å². The van der Waals surface area contributed by atoms with E-state index in [2.05, 4.69) is 99.3 Å². The number of hydrogen-bond acceptors (Lipinski definition) is 10. The number of hydrogen-bond donors (Lipinski definition) is 6. The molecule has 0 bridgehead atoms. The second-order valence-corrected chi connectivity index (χ2v) is 22.3. The third kappa shape index (κ3) is 32.7. The fourth-order valence-electron chi connectivity index (χ4n) is 6.72. The van der Waals surface area contributed by atoms with E-state index in [1.54, 1.807) is 51.1 Å². The van der Waals surface area contributed by atoms with Crippen LogP contribution in [0, 0.1) is 0 Å². The number of thioether (sulfide) groups is 2. The van der Waals surface area contributed by atoms with Crippen LogP contribution < -0.4 is 21.3 Å². The monoisotopic (exact) mass is 1040 g/mol. The van der Waals surface area contributed by atoms with Crippen molar-refractivity contribution < 1.29 is 48.5 Å². The topological polar surface area (TPSA) is 209 Å². The van der Waals surface area contributed by atoms with E-state index in [1.807, 2.05) is 20.8 Å². The van der Waals surface area contributed by atoms with Crippen LogP contribution in [-0.2, 0) is 28.7 Å². The highest BCUT2D eigenvalue weighted by atomic mass is 32.2. The fourth-order valence-corrected chi connectivity index (χ4v) is 8.72. The summed E-state index contributed by atoms with van der Waals surface area (Å²) in [5.74, 6) is -2.04. The molecule has 14 nitrogen and oxygen atoms in total. The molecule has 0 fully saturated rings. The van der Waals surface area contributed by atoms with Crippen LogP contribution in [0.25, 0.3) is 0 Å². The number of allylic oxidation sites excluding steroid dienone is 10. The highest BCUT2D eigenvalue weighted by Gasteiger charge is 2.31. The van der Waals surface area contributed by atoms with Gasteiger partial charge in [0, 0.05) is 23.0 Å². The Labute approximate surface area is 439 Å². The molecule has 0 saturated heterocycles. The second kappa shape index (κ2) is 35.0. The summed E-state index contributed by atoms with van der Waals surface area (Å²) < 4.78 is 10.9. The number of aliphatic carboxylic acids is 2. The number of carbonyl (C=O) groups excluding carboxylic acids is 4. The molecule has 402 valence electrons. The molecule has 1 aromatic carbocycles. The van der Waals surface area contributed by atoms with Crippen LogP contribution in [0.1, 0.15) is 159 Å². The number of nitrogens with one attached hydrogen (secondary N) is 4. The third-order valence-electron chi connectivity index (χ3n) is 11.0. The molecule has 0 radical (unpaired) electrons. The predicted octanol–water partition coefficient (Wildman–Crippen LogP) is 12.0. The SMILES string of the molecule is CC(C)=CCCC(C)=CCCC(C)=CCSCC(NC(=O)C(NC(=O)OC(C)(C)CCC(C)=CCCC(C)=CCCC(C)=CCSCC(NC(=O)CNC(=O)OC(C)(C)C)C(=O)O)c1ccccc1)C(=O)O. The van der Waals surface area contributed by atoms with Crippen molar-refractivity contribution in [1.29, 1.82) is 0 Å². The first-order valence-corrected chi connectivity index (χ1v) is 27.2. The Balaban J connectivity index is 2.61. The van der Waals surface area contributed by atoms with E-state index in [-0.39, 0.29) is 18.1 Å². The average Bonchev–Trinajstić information content (AvgIpc) is 3.28. The number of carbonyl (C=O) groups is 6. The first-order valence-electron chi connectivity index (χ1n) is 24.9. The first-order chi connectivity index (χ1) is 33.8. The zero-order valence-electron chi connectivity index (χ0n) is 45.2. The van der Waals surface area contributed by atoms with Crippen LogP contribution in [0.5, 0.6) is 0 Å². The smallest absolute Gasteiger partial charge is 0.408 e. The number of carboxylic acid groups (broad SMARTS) is 2. The van der Waals surface area contributed by atoms with Crippen molar-refractivity contribution >= 4 is 59.5 Å². The van der Waals surface area contributed by atoms with Gasteiger partial charge >= 0.3 is 24.1 Å². The Morgan fingerprint density at radius 3 is 1.47 bits per heavy atom. The van der Waals surface area contributed by atoms with Crippen molar-refractivity contribution in [2.24, 2.45) is 0 Å². The molecule has 3 unspecified atom stereocenters. The van der Waals surface area contributed by atoms with E-state index in [1.165, 1.54) is 51.4 Å². The molecule has 0 aromatic heterocycles. The van der Waals surface area contributed by atoms with Gasteiger partial charge < -0.3 is 41.0 Å². The van der Waals surface area contributed by atoms with Crippen molar-refractivity contribution in [3.63, 3.8) is 0 Å². The highest BCUT2D eigenvalue weighted by molar-refractivity contribution is 7.99. The lowest BCUT2D eigenvalue weighted by Crippen LogP contribution is -2.49. The minimum absolute atomic E-state index is 0.154. The number of amides is 4. The van der Waals surface area contributed by atoms with E-state index in [4.69, 9.17) is 9.47 Å². The normalized spacial score (nSPS) is 14.1. The molecular weight excluding hydrogens is 953 g/mol. The van der Waals surface area contributed by atoms with Gasteiger partial charge in [0.05, 0.1) is 0 Å². The molecule has 3 atom stereocenters. The maximum atomic E-state index is 13.7. The van der Waals surface area contributed by atoms with E-state index >= 15 is 0 Å². The molecule has 4 amide bonds. The van der Waals surface area contributed by atoms with Crippen LogP contribution >= 0.6 is 23.5 Å². The van der Waals surface area contributed by atoms with E-state index in [9.17, 15) is 39.0 Å². The zero-order valence-corrected chi connectivity index (χ0v) is 46.8. The molecule has 0 aliphatic rings. The lowest BCUT2D eigenvalue weighted by Gasteiger charge is -2.27. The summed E-state index contributed by atoms with van der Waals surface area (Å²) in [5.41, 5.74) is 6.46. The molecule has 72 heavy (non-hydrogen) atoms. The number of alkyl carbamates (subject to hydrolysis) is 2. The number of ether oxygens (including phenoxy) is 2. The molecule has 6 N–H and O–H groups in total. The van der Waals surface area contributed by atoms with Crippen LogP contribution in [-0.4, -0.2) is 99.0 Å². The lowest BCUT2D eigenvalue weighted by molar-refractivity contribution is -0.141. The highest BCUT2D eigenvalue weighted by Crippen LogP contribution is 2.23. The largest absolute Gasteiger partial charge is 0.480 e. The summed E-state index contributed by atoms with van der Waals surface area (Å²) in [5, 5.41) is 29.7. The van der Waals surface area contributed by atoms with Gasteiger partial charge in [-0.25, -0.2) is 19.2 Å². The van der Waals surface area contributed by atoms with Gasteiger partial charge in [-0.3, -0.25) is 9.59 Å². The predicted molar refractivity (Wildman–Crippen MR) is 295 cm³/mol. The summed E-state index contributed by atoms with van der Waals surface area (Å²) in [6.45, 7) is 23.0. The van der Waals surface area contributed by atoms with Gasteiger partial charge in [-0.1, -0.05) is 100 Å². The molecule has 0 saturated carbocycles. The Morgan fingerprint density at radius 1 is 0.569 bits per heavy atom. The second-order valence-electron chi connectivity index (χ2n) is 20.1. The summed E-state index contributed by atoms with van der Waals surface area (Å²) in [6.07, 6.45) is 20.3. The summed E-state index contributed by atoms with van der Waals surface area (Å²) in [4.78, 5) is 75.0. The quantitative estimate of drug-likeness (QED) is 0.0287. The zero-order chi connectivity index (χ0) is 54.3. The van der Waals surface area contributed by atoms with Gasteiger partial charge in [0.15, 0.2) is 0 Å². The maximum absolute atomic E-state index is 13.7. The molecule has 0 spiro atoms. The van der Waals surface area contributed by atoms with Gasteiger partial charge in [0.2, 0.25) is 11.8 Å². The van der Waals surface area contributed by atoms with E-state index < -0.39 is 65.3 Å². The van der Waals surface area contributed by atoms with Crippen molar-refractivity contribution in [3.05, 3.63) is 106 Å². The van der Waals surface area contributed by atoms with Crippen LogP contribution in [0.15, 0.2) is 100 Å². The molecule has 0 heterocycles. The Hall–Kier alpha value is -5.22. The molecular formula is C56H86N4O10S2. The van der Waals surface area contributed by atoms with Crippen molar-refractivity contribution in [2.45, 2.75) is 177 Å². The number of carboxylic acids is 2. The maximum Gasteiger partial charge on any atom is 0.408 e. The van der Waals surface area contributed by atoms with Crippen molar-refractivity contribution in [3.8, 4) is 0 Å². The van der Waals surface area contributed by atoms with E-state index in [0.29, 0.717) is 29.9 Å². The van der Waals surface area contributed by atoms with Gasteiger partial charge in [-0.05, 0) is 153 Å². The standard InChI is InChI=1S/C56H86N4O10S2/c1-39(2)20-16-21-40(3)23-18-26-44(7)32-35-72-38-47(52(65)66)59-50(62)49(45-28-14-13-15-29-45)60-54(68)70-56(11,12)33-30-42(5)25-17-22-41(4)24-19-27-43(6)31-34-71-37-46(51(63)64)58-48(61)36-57-53(67)69-55(8,9)10/h13-15,20,23-25,28-29,31-32,46-47,49H,16-19,21-22,26-27,30,33-38H2,1-12H3,(H,57,67)(H,58,61)(H,59,62)(H,60,68)(H,63,64)(H,65,66). The van der Waals surface area contributed by atoms with Crippen molar-refractivity contribution in [2.75, 3.05) is 29.6 Å². The van der Waals surface area contributed by atoms with Crippen LogP contribution in [0.4, 0.5) is 9.59 Å². The van der Waals surface area contributed by atoms with Crippen LogP contribution in [0.2, 0.25) is 0 Å². The number of rotatable bonds is 33. The fraction of sp³-hybridized carbons (Fsp3) is 0.571. The van der Waals surface area contributed by atoms with Gasteiger partial charge in [0.1, 0.15) is 35.9 Å². The summed E-state index contributed by atoms with van der Waals surface area (Å²) >= 11 is 2.82. The Morgan fingerprint density at radius 2 is 1.01 bits per heavy atom. The molecule has 1 aromatic rings. The van der Waals surface area contributed by atoms with Gasteiger partial charge in [0.25, 0.3) is 0 Å². The van der Waals surface area contributed by atoms with Crippen LogP contribution in [0.3, 0.4) is 0 Å². The molecule has 0 aliphatic carbocycles. The lowest BCUT2D eigenvalue weighted by atomic mass is 9.98.